The van der Waals surface area contributed by atoms with Gasteiger partial charge in [-0.1, -0.05) is 31.9 Å². The molecule has 2 rings (SSSR count). The molecular formula is C15H18BrClN2. The van der Waals surface area contributed by atoms with Gasteiger partial charge in [0.25, 0.3) is 0 Å². The van der Waals surface area contributed by atoms with Gasteiger partial charge in [-0.3, -0.25) is 0 Å². The van der Waals surface area contributed by atoms with E-state index >= 15 is 0 Å². The van der Waals surface area contributed by atoms with Gasteiger partial charge in [0, 0.05) is 21.4 Å². The Hall–Kier alpha value is -0.800. The van der Waals surface area contributed by atoms with Gasteiger partial charge < -0.3 is 5.32 Å². The smallest absolute Gasteiger partial charge is 0.129 e. The fraction of sp³-hybridized carbons (Fsp3) is 0.400. The van der Waals surface area contributed by atoms with Crippen LogP contribution in [0.2, 0.25) is 5.02 Å². The van der Waals surface area contributed by atoms with Crippen molar-refractivity contribution in [1.82, 2.24) is 4.98 Å². The second-order valence-electron chi connectivity index (χ2n) is 4.63. The zero-order valence-corrected chi connectivity index (χ0v) is 13.6. The molecule has 0 bridgehead atoms. The molecule has 0 spiro atoms. The summed E-state index contributed by atoms with van der Waals surface area (Å²) in [6.07, 6.45) is 3.22. The molecule has 1 aromatic heterocycles. The minimum absolute atomic E-state index is 0.734. The van der Waals surface area contributed by atoms with Crippen LogP contribution < -0.4 is 5.32 Å². The average Bonchev–Trinajstić information content (AvgIpc) is 2.37. The van der Waals surface area contributed by atoms with E-state index in [0.717, 1.165) is 52.0 Å². The van der Waals surface area contributed by atoms with Crippen LogP contribution >= 0.6 is 27.5 Å². The third-order valence-electron chi connectivity index (χ3n) is 2.98. The van der Waals surface area contributed by atoms with Crippen molar-refractivity contribution in [2.24, 2.45) is 0 Å². The van der Waals surface area contributed by atoms with Gasteiger partial charge in [0.15, 0.2) is 0 Å². The van der Waals surface area contributed by atoms with Crippen molar-refractivity contribution in [3.8, 4) is 0 Å². The third kappa shape index (κ3) is 3.40. The highest BCUT2D eigenvalue weighted by Gasteiger charge is 2.09. The molecule has 4 heteroatoms. The summed E-state index contributed by atoms with van der Waals surface area (Å²) < 4.78 is 0.942. The molecule has 102 valence electrons. The molecule has 0 aliphatic heterocycles. The number of fused-ring (bicyclic) bond motifs is 1. The van der Waals surface area contributed by atoms with Crippen LogP contribution in [-0.4, -0.2) is 11.5 Å². The van der Waals surface area contributed by atoms with Gasteiger partial charge in [0.1, 0.15) is 5.82 Å². The van der Waals surface area contributed by atoms with Crippen molar-refractivity contribution in [3.05, 3.63) is 33.3 Å². The van der Waals surface area contributed by atoms with E-state index in [9.17, 15) is 0 Å². The molecule has 0 fully saturated rings. The topological polar surface area (TPSA) is 24.9 Å². The highest BCUT2D eigenvalue weighted by atomic mass is 79.9. The van der Waals surface area contributed by atoms with Crippen molar-refractivity contribution in [2.45, 2.75) is 33.1 Å². The van der Waals surface area contributed by atoms with Crippen molar-refractivity contribution in [1.29, 1.82) is 0 Å². The van der Waals surface area contributed by atoms with Gasteiger partial charge in [0.05, 0.1) is 5.52 Å². The number of rotatable bonds is 5. The van der Waals surface area contributed by atoms with Crippen LogP contribution in [0.5, 0.6) is 0 Å². The number of aromatic nitrogens is 1. The van der Waals surface area contributed by atoms with E-state index in [1.807, 2.05) is 12.1 Å². The Morgan fingerprint density at radius 3 is 2.68 bits per heavy atom. The van der Waals surface area contributed by atoms with Gasteiger partial charge in [-0.2, -0.15) is 0 Å². The lowest BCUT2D eigenvalue weighted by Crippen LogP contribution is -2.06. The first-order valence-electron chi connectivity index (χ1n) is 6.68. The zero-order chi connectivity index (χ0) is 13.8. The van der Waals surface area contributed by atoms with E-state index in [0.29, 0.717) is 0 Å². The quantitative estimate of drug-likeness (QED) is 0.785. The van der Waals surface area contributed by atoms with E-state index in [1.165, 1.54) is 5.56 Å². The van der Waals surface area contributed by atoms with Crippen LogP contribution in [0.15, 0.2) is 22.7 Å². The van der Waals surface area contributed by atoms with E-state index < -0.39 is 0 Å². The molecule has 1 aromatic carbocycles. The van der Waals surface area contributed by atoms with Crippen LogP contribution in [0.3, 0.4) is 0 Å². The summed E-state index contributed by atoms with van der Waals surface area (Å²) in [4.78, 5) is 4.76. The van der Waals surface area contributed by atoms with Crippen molar-refractivity contribution >= 4 is 44.3 Å². The molecule has 0 saturated carbocycles. The molecule has 0 radical (unpaired) electrons. The van der Waals surface area contributed by atoms with E-state index in [-0.39, 0.29) is 0 Å². The van der Waals surface area contributed by atoms with E-state index in [2.05, 4.69) is 41.2 Å². The standard InChI is InChI=1S/C15H18BrClN2/c1-3-5-10-7-11-8-12(17)9-13(16)14(11)19-15(10)18-6-4-2/h7-9H,3-6H2,1-2H3,(H,18,19). The molecule has 0 aliphatic carbocycles. The van der Waals surface area contributed by atoms with Crippen molar-refractivity contribution in [3.63, 3.8) is 0 Å². The fourth-order valence-electron chi connectivity index (χ4n) is 2.11. The number of anilines is 1. The molecule has 0 saturated heterocycles. The van der Waals surface area contributed by atoms with Gasteiger partial charge in [0.2, 0.25) is 0 Å². The van der Waals surface area contributed by atoms with Crippen molar-refractivity contribution < 1.29 is 0 Å². The number of nitrogens with one attached hydrogen (secondary N) is 1. The summed E-state index contributed by atoms with van der Waals surface area (Å²) >= 11 is 9.64. The van der Waals surface area contributed by atoms with Crippen LogP contribution in [0.25, 0.3) is 10.9 Å². The highest BCUT2D eigenvalue weighted by molar-refractivity contribution is 9.10. The number of aryl methyl sites for hydroxylation is 1. The molecule has 2 aromatic rings. The first kappa shape index (κ1) is 14.6. The van der Waals surface area contributed by atoms with E-state index in [1.54, 1.807) is 0 Å². The Morgan fingerprint density at radius 1 is 1.21 bits per heavy atom. The number of nitrogens with zero attached hydrogens (tertiary/aromatic N) is 1. The van der Waals surface area contributed by atoms with Crippen molar-refractivity contribution in [2.75, 3.05) is 11.9 Å². The molecule has 0 aliphatic rings. The van der Waals surface area contributed by atoms with Gasteiger partial charge in [-0.05, 0) is 52.5 Å². The minimum atomic E-state index is 0.734. The predicted molar refractivity (Wildman–Crippen MR) is 87.2 cm³/mol. The van der Waals surface area contributed by atoms with Crippen LogP contribution in [-0.2, 0) is 6.42 Å². The summed E-state index contributed by atoms with van der Waals surface area (Å²) in [5.41, 5.74) is 2.22. The molecular weight excluding hydrogens is 324 g/mol. The molecule has 2 nitrogen and oxygen atoms in total. The molecule has 0 unspecified atom stereocenters. The highest BCUT2D eigenvalue weighted by Crippen LogP contribution is 2.30. The summed E-state index contributed by atoms with van der Waals surface area (Å²) in [6, 6.07) is 6.05. The lowest BCUT2D eigenvalue weighted by molar-refractivity contribution is 0.906. The summed E-state index contributed by atoms with van der Waals surface area (Å²) in [7, 11) is 0. The van der Waals surface area contributed by atoms with Gasteiger partial charge in [-0.25, -0.2) is 4.98 Å². The number of hydrogen-bond acceptors (Lipinski definition) is 2. The SMILES string of the molecule is CCCNc1nc2c(Br)cc(Cl)cc2cc1CCC. The second kappa shape index (κ2) is 6.58. The monoisotopic (exact) mass is 340 g/mol. The lowest BCUT2D eigenvalue weighted by atomic mass is 10.1. The van der Waals surface area contributed by atoms with Crippen LogP contribution in [0.1, 0.15) is 32.3 Å². The molecule has 0 amide bonds. The van der Waals surface area contributed by atoms with Gasteiger partial charge in [-0.15, -0.1) is 0 Å². The Morgan fingerprint density at radius 2 is 2.00 bits per heavy atom. The fourth-order valence-corrected chi connectivity index (χ4v) is 3.03. The summed E-state index contributed by atoms with van der Waals surface area (Å²) in [5.74, 6) is 0.999. The maximum atomic E-state index is 6.10. The van der Waals surface area contributed by atoms with E-state index in [4.69, 9.17) is 16.6 Å². The first-order chi connectivity index (χ1) is 9.15. The Kier molecular flexibility index (Phi) is 5.06. The predicted octanol–water partition coefficient (Wildman–Crippen LogP) is 5.43. The third-order valence-corrected chi connectivity index (χ3v) is 3.80. The molecule has 1 N–H and O–H groups in total. The number of hydrogen-bond donors (Lipinski definition) is 1. The molecule has 1 heterocycles. The average molecular weight is 342 g/mol. The number of pyridine rings is 1. The van der Waals surface area contributed by atoms with Crippen LogP contribution in [0.4, 0.5) is 5.82 Å². The minimum Gasteiger partial charge on any atom is -0.370 e. The summed E-state index contributed by atoms with van der Waals surface area (Å²) in [5, 5.41) is 5.24. The molecule has 0 atom stereocenters. The Balaban J connectivity index is 2.55. The van der Waals surface area contributed by atoms with Gasteiger partial charge >= 0.3 is 0 Å². The maximum absolute atomic E-state index is 6.10. The maximum Gasteiger partial charge on any atom is 0.129 e. The largest absolute Gasteiger partial charge is 0.370 e. The Labute approximate surface area is 127 Å². The normalized spacial score (nSPS) is 10.9. The first-order valence-corrected chi connectivity index (χ1v) is 7.85. The zero-order valence-electron chi connectivity index (χ0n) is 11.3. The number of benzene rings is 1. The number of halogens is 2. The second-order valence-corrected chi connectivity index (χ2v) is 5.92. The lowest BCUT2D eigenvalue weighted by Gasteiger charge is -2.12. The van der Waals surface area contributed by atoms with Crippen LogP contribution in [0, 0.1) is 0 Å². The summed E-state index contributed by atoms with van der Waals surface area (Å²) in [6.45, 7) is 5.28. The molecule has 19 heavy (non-hydrogen) atoms. The Bertz CT molecular complexity index is 584.